The molecule has 0 unspecified atom stereocenters. The summed E-state index contributed by atoms with van der Waals surface area (Å²) in [6, 6.07) is 9.70. The van der Waals surface area contributed by atoms with Gasteiger partial charge >= 0.3 is 5.97 Å². The minimum Gasteiger partial charge on any atom is -0.489 e. The first-order chi connectivity index (χ1) is 14.3. The summed E-state index contributed by atoms with van der Waals surface area (Å²) >= 11 is 0. The first-order valence-electron chi connectivity index (χ1n) is 10.3. The van der Waals surface area contributed by atoms with Crippen molar-refractivity contribution in [3.05, 3.63) is 76.8 Å². The SMILES string of the molecule is C[C@H]1OC2=C(C(=O)[C@@H]1C)[C@H]1OC(=O)C=C(c3ccccc3)[C@H]1C1=C2C=CC(C)(C)O1. The molecule has 5 heteroatoms. The minimum absolute atomic E-state index is 0.0364. The zero-order chi connectivity index (χ0) is 21.2. The predicted octanol–water partition coefficient (Wildman–Crippen LogP) is 4.12. The monoisotopic (exact) mass is 404 g/mol. The molecule has 4 atom stereocenters. The van der Waals surface area contributed by atoms with Crippen molar-refractivity contribution in [3.8, 4) is 0 Å². The predicted molar refractivity (Wildman–Crippen MR) is 111 cm³/mol. The van der Waals surface area contributed by atoms with Crippen molar-refractivity contribution in [1.29, 1.82) is 0 Å². The lowest BCUT2D eigenvalue weighted by molar-refractivity contribution is -0.146. The third kappa shape index (κ3) is 2.76. The van der Waals surface area contributed by atoms with E-state index >= 15 is 0 Å². The number of rotatable bonds is 1. The number of Topliss-reactive ketones (excluding diaryl/α,β-unsaturated/α-hetero) is 1. The largest absolute Gasteiger partial charge is 0.489 e. The van der Waals surface area contributed by atoms with Crippen molar-refractivity contribution in [3.63, 3.8) is 0 Å². The van der Waals surface area contributed by atoms with Gasteiger partial charge in [-0.1, -0.05) is 37.3 Å². The molecule has 3 aliphatic heterocycles. The lowest BCUT2D eigenvalue weighted by Gasteiger charge is -2.45. The number of carbonyl (C=O) groups is 2. The molecule has 4 aliphatic rings. The maximum Gasteiger partial charge on any atom is 0.331 e. The van der Waals surface area contributed by atoms with Crippen LogP contribution in [-0.2, 0) is 23.8 Å². The van der Waals surface area contributed by atoms with E-state index in [1.165, 1.54) is 6.08 Å². The fourth-order valence-corrected chi connectivity index (χ4v) is 4.56. The first-order valence-corrected chi connectivity index (χ1v) is 10.3. The molecule has 3 heterocycles. The Hall–Kier alpha value is -3.08. The molecule has 0 N–H and O–H groups in total. The topological polar surface area (TPSA) is 61.8 Å². The number of allylic oxidation sites excluding steroid dienone is 1. The van der Waals surface area contributed by atoms with Crippen LogP contribution in [0, 0.1) is 11.8 Å². The molecular weight excluding hydrogens is 380 g/mol. The van der Waals surface area contributed by atoms with Gasteiger partial charge in [-0.3, -0.25) is 4.79 Å². The third-order valence-corrected chi connectivity index (χ3v) is 6.29. The molecular formula is C25H24O5. The number of ether oxygens (including phenoxy) is 3. The number of ketones is 1. The summed E-state index contributed by atoms with van der Waals surface area (Å²) in [4.78, 5) is 25.9. The second-order valence-corrected chi connectivity index (χ2v) is 8.84. The van der Waals surface area contributed by atoms with Crippen LogP contribution in [0.25, 0.3) is 5.57 Å². The number of esters is 1. The van der Waals surface area contributed by atoms with Crippen molar-refractivity contribution in [2.24, 2.45) is 11.8 Å². The van der Waals surface area contributed by atoms with E-state index in [0.29, 0.717) is 17.1 Å². The van der Waals surface area contributed by atoms with E-state index in [-0.39, 0.29) is 17.8 Å². The van der Waals surface area contributed by atoms with Gasteiger partial charge in [0, 0.05) is 6.08 Å². The number of benzene rings is 1. The zero-order valence-electron chi connectivity index (χ0n) is 17.5. The highest BCUT2D eigenvalue weighted by atomic mass is 16.6. The zero-order valence-corrected chi connectivity index (χ0v) is 17.5. The Balaban J connectivity index is 1.75. The minimum atomic E-state index is -0.767. The van der Waals surface area contributed by atoms with Crippen LogP contribution in [0.1, 0.15) is 33.3 Å². The summed E-state index contributed by atoms with van der Waals surface area (Å²) < 4.78 is 18.4. The molecule has 0 fully saturated rings. The highest BCUT2D eigenvalue weighted by Gasteiger charge is 2.52. The van der Waals surface area contributed by atoms with Crippen LogP contribution < -0.4 is 0 Å². The molecule has 0 saturated carbocycles. The summed E-state index contributed by atoms with van der Waals surface area (Å²) in [5.74, 6) is -0.0575. The van der Waals surface area contributed by atoms with Gasteiger partial charge in [0.05, 0.1) is 23.0 Å². The molecule has 0 amide bonds. The highest BCUT2D eigenvalue weighted by molar-refractivity contribution is 6.04. The van der Waals surface area contributed by atoms with Crippen LogP contribution in [0.4, 0.5) is 0 Å². The Morgan fingerprint density at radius 1 is 1.00 bits per heavy atom. The van der Waals surface area contributed by atoms with Crippen LogP contribution in [0.15, 0.2) is 71.2 Å². The van der Waals surface area contributed by atoms with E-state index in [2.05, 4.69) is 0 Å². The summed E-state index contributed by atoms with van der Waals surface area (Å²) in [5.41, 5.74) is 2.37. The van der Waals surface area contributed by atoms with Crippen molar-refractivity contribution < 1.29 is 23.8 Å². The number of hydrogen-bond donors (Lipinski definition) is 0. The third-order valence-electron chi connectivity index (χ3n) is 6.29. The van der Waals surface area contributed by atoms with Crippen LogP contribution in [0.3, 0.4) is 0 Å². The Morgan fingerprint density at radius 3 is 2.47 bits per heavy atom. The summed E-state index contributed by atoms with van der Waals surface area (Å²) in [6.45, 7) is 7.69. The number of fused-ring (bicyclic) bond motifs is 4. The average molecular weight is 404 g/mol. The fraction of sp³-hybridized carbons (Fsp3) is 0.360. The van der Waals surface area contributed by atoms with Gasteiger partial charge in [0.15, 0.2) is 5.78 Å². The lowest BCUT2D eigenvalue weighted by atomic mass is 9.72. The Kier molecular flexibility index (Phi) is 4.07. The molecule has 1 aliphatic carbocycles. The maximum absolute atomic E-state index is 13.3. The molecule has 1 aromatic rings. The normalized spacial score (nSPS) is 31.7. The number of hydrogen-bond acceptors (Lipinski definition) is 5. The molecule has 1 aromatic carbocycles. The molecule has 0 spiro atoms. The van der Waals surface area contributed by atoms with Crippen LogP contribution in [-0.4, -0.2) is 29.6 Å². The average Bonchev–Trinajstić information content (AvgIpc) is 2.71. The van der Waals surface area contributed by atoms with Crippen LogP contribution >= 0.6 is 0 Å². The number of carbonyl (C=O) groups excluding carboxylic acids is 2. The first kappa shape index (κ1) is 18.9. The van der Waals surface area contributed by atoms with E-state index < -0.39 is 23.6 Å². The summed E-state index contributed by atoms with van der Waals surface area (Å²) in [7, 11) is 0. The quantitative estimate of drug-likeness (QED) is 0.659. The van der Waals surface area contributed by atoms with E-state index in [1.807, 2.05) is 70.2 Å². The standard InChI is InChI=1S/C25H24O5/c1-13-14(2)28-22-16-10-11-25(3,4)30-23(16)19-17(15-8-6-5-7-9-15)12-18(26)29-24(19)20(22)21(13)27/h5-14,19,24H,1-4H3/t13-,14-,19+,24+/m1/s1. The molecule has 0 bridgehead atoms. The van der Waals surface area contributed by atoms with Crippen molar-refractivity contribution >= 4 is 17.3 Å². The van der Waals surface area contributed by atoms with Crippen LogP contribution in [0.5, 0.6) is 0 Å². The van der Waals surface area contributed by atoms with Gasteiger partial charge in [0.1, 0.15) is 29.3 Å². The Morgan fingerprint density at radius 2 is 1.73 bits per heavy atom. The molecule has 5 nitrogen and oxygen atoms in total. The van der Waals surface area contributed by atoms with Gasteiger partial charge in [-0.25, -0.2) is 4.79 Å². The summed E-state index contributed by atoms with van der Waals surface area (Å²) in [5, 5.41) is 0. The van der Waals surface area contributed by atoms with E-state index in [4.69, 9.17) is 14.2 Å². The fourth-order valence-electron chi connectivity index (χ4n) is 4.56. The highest BCUT2D eigenvalue weighted by Crippen LogP contribution is 2.51. The van der Waals surface area contributed by atoms with Crippen molar-refractivity contribution in [2.45, 2.75) is 45.5 Å². The molecule has 0 radical (unpaired) electrons. The van der Waals surface area contributed by atoms with Crippen molar-refractivity contribution in [2.75, 3.05) is 0 Å². The van der Waals surface area contributed by atoms with Crippen LogP contribution in [0.2, 0.25) is 0 Å². The van der Waals surface area contributed by atoms with Gasteiger partial charge in [0.2, 0.25) is 0 Å². The summed E-state index contributed by atoms with van der Waals surface area (Å²) in [6.07, 6.45) is 4.42. The molecule has 154 valence electrons. The molecule has 5 rings (SSSR count). The van der Waals surface area contributed by atoms with Gasteiger partial charge in [0.25, 0.3) is 0 Å². The van der Waals surface area contributed by atoms with Gasteiger partial charge in [-0.05, 0) is 44.1 Å². The van der Waals surface area contributed by atoms with Crippen molar-refractivity contribution in [1.82, 2.24) is 0 Å². The van der Waals surface area contributed by atoms with E-state index in [0.717, 1.165) is 16.7 Å². The van der Waals surface area contributed by atoms with E-state index in [9.17, 15) is 9.59 Å². The Bertz CT molecular complexity index is 1070. The van der Waals surface area contributed by atoms with Gasteiger partial charge in [-0.2, -0.15) is 0 Å². The molecule has 0 saturated heterocycles. The maximum atomic E-state index is 13.3. The van der Waals surface area contributed by atoms with E-state index in [1.54, 1.807) is 0 Å². The lowest BCUT2D eigenvalue weighted by Crippen LogP contribution is -2.47. The second-order valence-electron chi connectivity index (χ2n) is 8.84. The van der Waals surface area contributed by atoms with Gasteiger partial charge < -0.3 is 14.2 Å². The Labute approximate surface area is 175 Å². The second kappa shape index (κ2) is 6.46. The molecule has 30 heavy (non-hydrogen) atoms. The molecule has 0 aromatic heterocycles. The smallest absolute Gasteiger partial charge is 0.331 e. The van der Waals surface area contributed by atoms with Gasteiger partial charge in [-0.15, -0.1) is 0 Å².